The molecule has 7 nitrogen and oxygen atoms in total. The monoisotopic (exact) mass is 418 g/mol. The van der Waals surface area contributed by atoms with E-state index >= 15 is 0 Å². The minimum atomic E-state index is -0.0827. The van der Waals surface area contributed by atoms with E-state index in [2.05, 4.69) is 40.9 Å². The number of likely N-dealkylation sites (tertiary alicyclic amines) is 1. The van der Waals surface area contributed by atoms with Gasteiger partial charge in [0, 0.05) is 37.4 Å². The molecule has 2 heterocycles. The lowest BCUT2D eigenvalue weighted by atomic mass is 9.97. The number of nitrogens with zero attached hydrogens (tertiary/aromatic N) is 4. The normalized spacial score (nSPS) is 15.4. The Kier molecular flexibility index (Phi) is 7.44. The van der Waals surface area contributed by atoms with Gasteiger partial charge in [-0.05, 0) is 70.1 Å². The van der Waals surface area contributed by atoms with Crippen LogP contribution in [0.1, 0.15) is 33.6 Å². The summed E-state index contributed by atoms with van der Waals surface area (Å²) < 4.78 is 12.6. The van der Waals surface area contributed by atoms with Gasteiger partial charge in [0.15, 0.2) is 0 Å². The zero-order chi connectivity index (χ0) is 20.8. The third-order valence-electron chi connectivity index (χ3n) is 5.39. The summed E-state index contributed by atoms with van der Waals surface area (Å²) in [5.74, 6) is 0.444. The Morgan fingerprint density at radius 1 is 1.21 bits per heavy atom. The van der Waals surface area contributed by atoms with Gasteiger partial charge in [0.1, 0.15) is 0 Å². The quantitative estimate of drug-likeness (QED) is 0.475. The van der Waals surface area contributed by atoms with Crippen LogP contribution in [-0.4, -0.2) is 53.4 Å². The first-order valence-corrected chi connectivity index (χ1v) is 10.8. The highest BCUT2D eigenvalue weighted by Gasteiger charge is 2.26. The van der Waals surface area contributed by atoms with Crippen LogP contribution >= 0.6 is 12.2 Å². The topological polar surface area (TPSA) is 63.7 Å². The second kappa shape index (κ2) is 10.0. The minimum absolute atomic E-state index is 0.00337. The highest BCUT2D eigenvalue weighted by molar-refractivity contribution is 7.71. The second-order valence-corrected chi connectivity index (χ2v) is 7.53. The molecule has 0 aliphatic carbocycles. The summed E-state index contributed by atoms with van der Waals surface area (Å²) in [5, 5.41) is 4.57. The van der Waals surface area contributed by atoms with Crippen LogP contribution in [0.3, 0.4) is 0 Å². The number of carbonyl (C=O) groups excluding carboxylic acids is 1. The van der Waals surface area contributed by atoms with Crippen LogP contribution in [0.15, 0.2) is 28.7 Å². The molecule has 1 saturated heterocycles. The van der Waals surface area contributed by atoms with Gasteiger partial charge in [-0.25, -0.2) is 4.68 Å². The molecule has 0 spiro atoms. The smallest absolute Gasteiger partial charge is 0.309 e. The molecular formula is C21H30N4O3S. The average Bonchev–Trinajstić information content (AvgIpc) is 3.10. The molecule has 0 N–H and O–H groups in total. The summed E-state index contributed by atoms with van der Waals surface area (Å²) in [7, 11) is 0. The van der Waals surface area contributed by atoms with E-state index in [1.54, 1.807) is 4.68 Å². The molecule has 1 aromatic heterocycles. The number of hydrogen-bond acceptors (Lipinski definition) is 7. The molecule has 8 heteroatoms. The SMILES string of the molecule is CCOC(=O)C1CCN(Cn2nc(-c3ccc(N(CC)CC)cc3)oc2=S)CC1. The summed E-state index contributed by atoms with van der Waals surface area (Å²) in [4.78, 5) is 16.8. The van der Waals surface area contributed by atoms with Crippen molar-refractivity contribution in [3.05, 3.63) is 29.1 Å². The summed E-state index contributed by atoms with van der Waals surface area (Å²) in [6, 6.07) is 8.20. The molecule has 0 saturated carbocycles. The van der Waals surface area contributed by atoms with Crippen LogP contribution < -0.4 is 4.90 Å². The van der Waals surface area contributed by atoms with E-state index in [-0.39, 0.29) is 11.9 Å². The van der Waals surface area contributed by atoms with E-state index in [9.17, 15) is 4.79 Å². The van der Waals surface area contributed by atoms with Crippen molar-refractivity contribution in [2.75, 3.05) is 37.7 Å². The summed E-state index contributed by atoms with van der Waals surface area (Å²) in [6.07, 6.45) is 1.59. The van der Waals surface area contributed by atoms with Crippen LogP contribution in [0, 0.1) is 10.8 Å². The Bertz CT molecular complexity index is 850. The molecule has 2 aromatic rings. The fourth-order valence-corrected chi connectivity index (χ4v) is 3.85. The standard InChI is InChI=1S/C21H30N4O3S/c1-4-24(5-2)18-9-7-16(8-10-18)19-22-25(21(29)28-19)15-23-13-11-17(12-14-23)20(26)27-6-3/h7-10,17H,4-6,11-15H2,1-3H3. The Labute approximate surface area is 177 Å². The molecule has 0 bridgehead atoms. The Morgan fingerprint density at radius 3 is 2.45 bits per heavy atom. The molecule has 0 atom stereocenters. The highest BCUT2D eigenvalue weighted by atomic mass is 32.1. The molecule has 158 valence electrons. The van der Waals surface area contributed by atoms with E-state index in [0.29, 0.717) is 24.0 Å². The van der Waals surface area contributed by atoms with Crippen LogP contribution in [0.2, 0.25) is 0 Å². The van der Waals surface area contributed by atoms with Gasteiger partial charge < -0.3 is 14.1 Å². The third-order valence-corrected chi connectivity index (χ3v) is 5.68. The number of hydrogen-bond donors (Lipinski definition) is 0. The van der Waals surface area contributed by atoms with E-state index in [0.717, 1.165) is 44.6 Å². The molecule has 0 amide bonds. The number of benzene rings is 1. The average molecular weight is 419 g/mol. The van der Waals surface area contributed by atoms with Gasteiger partial charge in [-0.3, -0.25) is 9.69 Å². The van der Waals surface area contributed by atoms with Crippen molar-refractivity contribution < 1.29 is 13.9 Å². The largest absolute Gasteiger partial charge is 0.466 e. The van der Waals surface area contributed by atoms with Crippen LogP contribution in [0.4, 0.5) is 5.69 Å². The summed E-state index contributed by atoms with van der Waals surface area (Å²) in [5.41, 5.74) is 2.09. The van der Waals surface area contributed by atoms with Crippen LogP contribution in [0.5, 0.6) is 0 Å². The number of esters is 1. The number of ether oxygens (including phenoxy) is 1. The van der Waals surface area contributed by atoms with E-state index in [1.807, 2.05) is 19.1 Å². The maximum absolute atomic E-state index is 11.9. The zero-order valence-electron chi connectivity index (χ0n) is 17.5. The van der Waals surface area contributed by atoms with Crippen LogP contribution in [0.25, 0.3) is 11.5 Å². The van der Waals surface area contributed by atoms with Crippen molar-refractivity contribution in [3.63, 3.8) is 0 Å². The van der Waals surface area contributed by atoms with Gasteiger partial charge in [0.25, 0.3) is 4.84 Å². The minimum Gasteiger partial charge on any atom is -0.466 e. The van der Waals surface area contributed by atoms with E-state index < -0.39 is 0 Å². The lowest BCUT2D eigenvalue weighted by Crippen LogP contribution is -2.38. The first kappa shape index (κ1) is 21.5. The fourth-order valence-electron chi connectivity index (χ4n) is 3.68. The maximum atomic E-state index is 11.9. The lowest BCUT2D eigenvalue weighted by molar-refractivity contribution is -0.149. The van der Waals surface area contributed by atoms with E-state index in [1.165, 1.54) is 5.69 Å². The van der Waals surface area contributed by atoms with Crippen molar-refractivity contribution in [3.8, 4) is 11.5 Å². The zero-order valence-corrected chi connectivity index (χ0v) is 18.3. The second-order valence-electron chi connectivity index (χ2n) is 7.18. The number of rotatable bonds is 8. The van der Waals surface area contributed by atoms with Crippen LogP contribution in [-0.2, 0) is 16.2 Å². The van der Waals surface area contributed by atoms with Crippen molar-refractivity contribution in [1.29, 1.82) is 0 Å². The Hall–Kier alpha value is -2.19. The van der Waals surface area contributed by atoms with Gasteiger partial charge in [-0.1, -0.05) is 0 Å². The predicted octanol–water partition coefficient (Wildman–Crippen LogP) is 3.95. The molecule has 3 rings (SSSR count). The Balaban J connectivity index is 1.62. The number of piperidine rings is 1. The molecule has 1 aliphatic heterocycles. The van der Waals surface area contributed by atoms with Gasteiger partial charge >= 0.3 is 5.97 Å². The summed E-state index contributed by atoms with van der Waals surface area (Å²) >= 11 is 5.37. The van der Waals surface area contributed by atoms with Gasteiger partial charge in [0.2, 0.25) is 5.89 Å². The lowest BCUT2D eigenvalue weighted by Gasteiger charge is -2.30. The first-order chi connectivity index (χ1) is 14.0. The number of aromatic nitrogens is 2. The van der Waals surface area contributed by atoms with Crippen molar-refractivity contribution in [2.24, 2.45) is 5.92 Å². The van der Waals surface area contributed by atoms with E-state index in [4.69, 9.17) is 21.4 Å². The molecule has 0 unspecified atom stereocenters. The molecule has 29 heavy (non-hydrogen) atoms. The first-order valence-electron chi connectivity index (χ1n) is 10.4. The molecule has 0 radical (unpaired) electrons. The Morgan fingerprint density at radius 2 is 1.86 bits per heavy atom. The van der Waals surface area contributed by atoms with Crippen molar-refractivity contribution >= 4 is 23.9 Å². The molecule has 1 fully saturated rings. The fraction of sp³-hybridized carbons (Fsp3) is 0.571. The summed E-state index contributed by atoms with van der Waals surface area (Å²) in [6.45, 7) is 10.7. The maximum Gasteiger partial charge on any atom is 0.309 e. The molecule has 1 aromatic carbocycles. The van der Waals surface area contributed by atoms with Gasteiger partial charge in [0.05, 0.1) is 19.2 Å². The van der Waals surface area contributed by atoms with Gasteiger partial charge in [-0.2, -0.15) is 0 Å². The van der Waals surface area contributed by atoms with Crippen molar-refractivity contribution in [1.82, 2.24) is 14.7 Å². The third kappa shape index (κ3) is 5.25. The highest BCUT2D eigenvalue weighted by Crippen LogP contribution is 2.23. The van der Waals surface area contributed by atoms with Crippen molar-refractivity contribution in [2.45, 2.75) is 40.3 Å². The molecule has 1 aliphatic rings. The molecular weight excluding hydrogens is 388 g/mol. The van der Waals surface area contributed by atoms with Gasteiger partial charge in [-0.15, -0.1) is 5.10 Å². The predicted molar refractivity (Wildman–Crippen MR) is 115 cm³/mol. The number of anilines is 1. The number of carbonyl (C=O) groups is 1.